The van der Waals surface area contributed by atoms with Gasteiger partial charge in [0.05, 0.1) is 18.8 Å². The molecule has 3 aliphatic rings. The number of aromatic nitrogens is 2. The fourth-order valence-corrected chi connectivity index (χ4v) is 4.49. The van der Waals surface area contributed by atoms with Crippen molar-refractivity contribution in [3.8, 4) is 0 Å². The van der Waals surface area contributed by atoms with E-state index in [4.69, 9.17) is 5.73 Å². The molecule has 32 heavy (non-hydrogen) atoms. The number of anilines is 1. The molecule has 0 saturated carbocycles. The van der Waals surface area contributed by atoms with E-state index in [9.17, 15) is 9.18 Å². The average molecular weight is 435 g/mol. The van der Waals surface area contributed by atoms with E-state index in [-0.39, 0.29) is 22.3 Å². The van der Waals surface area contributed by atoms with Crippen LogP contribution < -0.4 is 10.6 Å². The van der Waals surface area contributed by atoms with E-state index in [2.05, 4.69) is 20.1 Å². The van der Waals surface area contributed by atoms with Crippen LogP contribution in [0, 0.1) is 5.82 Å². The number of benzene rings is 1. The Hall–Kier alpha value is -3.79. The van der Waals surface area contributed by atoms with Gasteiger partial charge in [0.2, 0.25) is 5.71 Å². The third-order valence-electron chi connectivity index (χ3n) is 5.98. The Bertz CT molecular complexity index is 1180. The number of nitrogens with zero attached hydrogens (tertiary/aromatic N) is 7. The van der Waals surface area contributed by atoms with Crippen molar-refractivity contribution in [3.63, 3.8) is 0 Å². The molecule has 5 rings (SSSR count). The Labute approximate surface area is 184 Å². The molecule has 1 aromatic carbocycles. The number of hydrogen-bond donors (Lipinski definition) is 1. The second-order valence-electron chi connectivity index (χ2n) is 8.08. The van der Waals surface area contributed by atoms with Crippen LogP contribution in [-0.4, -0.2) is 57.6 Å². The van der Waals surface area contributed by atoms with Crippen molar-refractivity contribution in [2.24, 2.45) is 15.8 Å². The van der Waals surface area contributed by atoms with Gasteiger partial charge >= 0.3 is 0 Å². The zero-order valence-corrected chi connectivity index (χ0v) is 17.7. The fraction of sp³-hybridized carbons (Fsp3) is 0.273. The fourth-order valence-electron chi connectivity index (χ4n) is 4.49. The van der Waals surface area contributed by atoms with Crippen molar-refractivity contribution in [2.75, 3.05) is 25.0 Å². The summed E-state index contributed by atoms with van der Waals surface area (Å²) in [5, 5.41) is 11.0. The number of primary amides is 1. The molecular formula is C22H24FN8O+. The third-order valence-corrected chi connectivity index (χ3v) is 5.98. The summed E-state index contributed by atoms with van der Waals surface area (Å²) >= 11 is 0. The van der Waals surface area contributed by atoms with Crippen LogP contribution in [0.3, 0.4) is 0 Å². The Balaban J connectivity index is 1.54. The molecule has 1 unspecified atom stereocenters. The minimum Gasteiger partial charge on any atom is -0.364 e. The molecule has 10 heteroatoms. The molecular weight excluding hydrogens is 411 g/mol. The summed E-state index contributed by atoms with van der Waals surface area (Å²) < 4.78 is 15.5. The first-order valence-corrected chi connectivity index (χ1v) is 10.5. The van der Waals surface area contributed by atoms with Gasteiger partial charge in [-0.05, 0) is 41.7 Å². The summed E-state index contributed by atoms with van der Waals surface area (Å²) in [5.41, 5.74) is 7.26. The van der Waals surface area contributed by atoms with Gasteiger partial charge in [0.25, 0.3) is 5.91 Å². The molecule has 0 spiro atoms. The highest BCUT2D eigenvalue weighted by molar-refractivity contribution is 6.53. The van der Waals surface area contributed by atoms with Gasteiger partial charge in [0, 0.05) is 18.8 Å². The second-order valence-corrected chi connectivity index (χ2v) is 8.08. The molecule has 1 saturated heterocycles. The van der Waals surface area contributed by atoms with E-state index < -0.39 is 5.91 Å². The number of amides is 1. The highest BCUT2D eigenvalue weighted by Crippen LogP contribution is 2.38. The van der Waals surface area contributed by atoms with Gasteiger partial charge in [-0.3, -0.25) is 4.79 Å². The molecule has 3 aliphatic heterocycles. The van der Waals surface area contributed by atoms with E-state index in [0.29, 0.717) is 12.2 Å². The van der Waals surface area contributed by atoms with Gasteiger partial charge in [-0.1, -0.05) is 16.8 Å². The van der Waals surface area contributed by atoms with Crippen LogP contribution in [0.1, 0.15) is 24.4 Å². The summed E-state index contributed by atoms with van der Waals surface area (Å²) in [4.78, 5) is 18.7. The number of halogens is 1. The van der Waals surface area contributed by atoms with Crippen LogP contribution in [0.15, 0.2) is 65.1 Å². The van der Waals surface area contributed by atoms with Crippen molar-refractivity contribution in [1.29, 1.82) is 0 Å². The third kappa shape index (κ3) is 3.38. The smallest absolute Gasteiger partial charge is 0.275 e. The van der Waals surface area contributed by atoms with Gasteiger partial charge in [-0.15, -0.1) is 0 Å². The monoisotopic (exact) mass is 435 g/mol. The largest absolute Gasteiger partial charge is 0.364 e. The van der Waals surface area contributed by atoms with Crippen molar-refractivity contribution in [2.45, 2.75) is 18.9 Å². The molecule has 9 nitrogen and oxygen atoms in total. The SMILES string of the molecule is C[N@@+]1(N2C=NC=CC2)C=C(n2nccc2N2CCCC2c2cccc(F)c2)C(C(N)=O)=N1. The van der Waals surface area contributed by atoms with E-state index in [1.807, 2.05) is 36.5 Å². The standard InChI is InChI=1S/C22H23FN8O/c1-31(28-11-4-9-25-15-28)14-19(21(27-31)22(24)32)30-20(8-10-26-30)29-12-3-7-18(29)16-5-2-6-17(23)13-16/h2,4-6,8-10,13-15,18H,3,7,11-12H2,1H3,(H-,24,32)/p+1/t18?,31-/m1/s1. The summed E-state index contributed by atoms with van der Waals surface area (Å²) in [5.74, 6) is -0.0837. The number of carbonyl (C=O) groups is 1. The molecule has 164 valence electrons. The van der Waals surface area contributed by atoms with E-state index in [1.165, 1.54) is 6.07 Å². The average Bonchev–Trinajstić information content (AvgIpc) is 3.52. The number of nitrogens with two attached hydrogens (primary N) is 1. The van der Waals surface area contributed by atoms with E-state index in [0.717, 1.165) is 30.8 Å². The molecule has 0 bridgehead atoms. The van der Waals surface area contributed by atoms with Gasteiger partial charge in [0.1, 0.15) is 25.0 Å². The first-order chi connectivity index (χ1) is 15.5. The molecule has 2 atom stereocenters. The van der Waals surface area contributed by atoms with Crippen LogP contribution in [0.4, 0.5) is 10.2 Å². The van der Waals surface area contributed by atoms with Crippen molar-refractivity contribution in [3.05, 3.63) is 66.4 Å². The lowest BCUT2D eigenvalue weighted by Gasteiger charge is -2.31. The second kappa shape index (κ2) is 7.72. The topological polar surface area (TPSA) is 92.1 Å². The number of carbonyl (C=O) groups excluding carboxylic acids is 1. The molecule has 2 aromatic rings. The van der Waals surface area contributed by atoms with Crippen molar-refractivity contribution >= 4 is 29.5 Å². The predicted molar refractivity (Wildman–Crippen MR) is 119 cm³/mol. The van der Waals surface area contributed by atoms with Gasteiger partial charge in [0.15, 0.2) is 11.9 Å². The van der Waals surface area contributed by atoms with Gasteiger partial charge in [-0.2, -0.15) is 10.1 Å². The molecule has 1 fully saturated rings. The van der Waals surface area contributed by atoms with Crippen LogP contribution in [-0.2, 0) is 4.79 Å². The summed E-state index contributed by atoms with van der Waals surface area (Å²) in [6.07, 6.45) is 10.7. The summed E-state index contributed by atoms with van der Waals surface area (Å²) in [6, 6.07) is 8.60. The number of aliphatic imine (C=N–C) groups is 1. The minimum absolute atomic E-state index is 0.0114. The maximum Gasteiger partial charge on any atom is 0.275 e. The molecule has 4 heterocycles. The van der Waals surface area contributed by atoms with Crippen molar-refractivity contribution < 1.29 is 13.9 Å². The maximum absolute atomic E-state index is 13.9. The highest BCUT2D eigenvalue weighted by atomic mass is 19.1. The first kappa shape index (κ1) is 20.1. The zero-order valence-electron chi connectivity index (χ0n) is 17.7. The lowest BCUT2D eigenvalue weighted by molar-refractivity contribution is -0.963. The lowest BCUT2D eigenvalue weighted by Crippen LogP contribution is -2.49. The van der Waals surface area contributed by atoms with E-state index >= 15 is 0 Å². The van der Waals surface area contributed by atoms with E-state index in [1.54, 1.807) is 35.5 Å². The quantitative estimate of drug-likeness (QED) is 0.729. The minimum atomic E-state index is -0.632. The summed E-state index contributed by atoms with van der Waals surface area (Å²) in [6.45, 7) is 1.37. The maximum atomic E-state index is 13.9. The molecule has 0 aliphatic carbocycles. The first-order valence-electron chi connectivity index (χ1n) is 10.5. The Morgan fingerprint density at radius 1 is 1.31 bits per heavy atom. The Morgan fingerprint density at radius 3 is 2.94 bits per heavy atom. The molecule has 2 N–H and O–H groups in total. The zero-order chi connectivity index (χ0) is 22.3. The number of hydrogen-bond acceptors (Lipinski definition) is 6. The van der Waals surface area contributed by atoms with Crippen LogP contribution in [0.25, 0.3) is 5.70 Å². The number of quaternary nitrogens is 1. The molecule has 0 radical (unpaired) electrons. The van der Waals surface area contributed by atoms with Gasteiger partial charge in [-0.25, -0.2) is 14.1 Å². The predicted octanol–water partition coefficient (Wildman–Crippen LogP) is 2.24. The van der Waals surface area contributed by atoms with Crippen LogP contribution in [0.5, 0.6) is 0 Å². The van der Waals surface area contributed by atoms with Crippen molar-refractivity contribution in [1.82, 2.24) is 14.8 Å². The lowest BCUT2D eigenvalue weighted by atomic mass is 10.0. The molecule has 1 aromatic heterocycles. The van der Waals surface area contributed by atoms with Gasteiger partial charge < -0.3 is 10.6 Å². The summed E-state index contributed by atoms with van der Waals surface area (Å²) in [7, 11) is 1.84. The Kier molecular flexibility index (Phi) is 4.86. The normalized spacial score (nSPS) is 24.8. The van der Waals surface area contributed by atoms with Crippen LogP contribution >= 0.6 is 0 Å². The molecule has 1 amide bonds. The van der Waals surface area contributed by atoms with Crippen LogP contribution in [0.2, 0.25) is 0 Å². The Morgan fingerprint density at radius 2 is 2.19 bits per heavy atom. The number of rotatable bonds is 5. The highest BCUT2D eigenvalue weighted by Gasteiger charge is 2.41.